The molecule has 0 amide bonds. The first-order chi connectivity index (χ1) is 5.77. The van der Waals surface area contributed by atoms with Gasteiger partial charge in [-0.1, -0.05) is 39.2 Å². The molecule has 0 aromatic heterocycles. The van der Waals surface area contributed by atoms with Crippen molar-refractivity contribution in [3.63, 3.8) is 0 Å². The Balaban J connectivity index is 2.86. The minimum atomic E-state index is 0.699. The van der Waals surface area contributed by atoms with Gasteiger partial charge in [0, 0.05) is 6.61 Å². The Morgan fingerprint density at radius 2 is 2.00 bits per heavy atom. The molecule has 0 aliphatic rings. The van der Waals surface area contributed by atoms with Gasteiger partial charge in [0.15, 0.2) is 0 Å². The molecule has 0 aromatic rings. The molecule has 0 unspecified atom stereocenters. The van der Waals surface area contributed by atoms with Crippen LogP contribution in [-0.2, 0) is 4.74 Å². The Kier molecular flexibility index (Phi) is 8.57. The van der Waals surface area contributed by atoms with Crippen LogP contribution >= 0.6 is 0 Å². The summed E-state index contributed by atoms with van der Waals surface area (Å²) in [5, 5.41) is 0. The third kappa shape index (κ3) is 9.70. The summed E-state index contributed by atoms with van der Waals surface area (Å²) in [5.41, 5.74) is 0. The Hall–Kier alpha value is -0.300. The van der Waals surface area contributed by atoms with E-state index in [0.29, 0.717) is 6.61 Å². The summed E-state index contributed by atoms with van der Waals surface area (Å²) in [6.07, 6.45) is 6.99. The van der Waals surface area contributed by atoms with Crippen LogP contribution in [0.2, 0.25) is 0 Å². The fraction of sp³-hybridized carbons (Fsp3) is 0.818. The van der Waals surface area contributed by atoms with Crippen LogP contribution in [0.5, 0.6) is 0 Å². The van der Waals surface area contributed by atoms with Crippen molar-refractivity contribution in [1.29, 1.82) is 0 Å². The molecule has 1 nitrogen and oxygen atoms in total. The number of rotatable bonds is 8. The lowest BCUT2D eigenvalue weighted by molar-refractivity contribution is 0.157. The van der Waals surface area contributed by atoms with Gasteiger partial charge in [0.2, 0.25) is 0 Å². The third-order valence-electron chi connectivity index (χ3n) is 1.81. The highest BCUT2D eigenvalue weighted by molar-refractivity contribution is 4.63. The Labute approximate surface area is 76.8 Å². The van der Waals surface area contributed by atoms with Gasteiger partial charge in [-0.2, -0.15) is 0 Å². The summed E-state index contributed by atoms with van der Waals surface area (Å²) in [4.78, 5) is 0. The van der Waals surface area contributed by atoms with Gasteiger partial charge in [-0.25, -0.2) is 0 Å². The largest absolute Gasteiger partial charge is 0.377 e. The van der Waals surface area contributed by atoms with E-state index in [-0.39, 0.29) is 0 Å². The molecule has 0 saturated carbocycles. The van der Waals surface area contributed by atoms with Crippen LogP contribution in [0, 0.1) is 5.92 Å². The number of hydrogen-bond acceptors (Lipinski definition) is 1. The first-order valence-electron chi connectivity index (χ1n) is 4.96. The summed E-state index contributed by atoms with van der Waals surface area (Å²) >= 11 is 0. The maximum Gasteiger partial charge on any atom is 0.0644 e. The highest BCUT2D eigenvalue weighted by atomic mass is 16.5. The summed E-state index contributed by atoms with van der Waals surface area (Å²) in [6, 6.07) is 0. The van der Waals surface area contributed by atoms with Crippen molar-refractivity contribution in [1.82, 2.24) is 0 Å². The van der Waals surface area contributed by atoms with Crippen LogP contribution < -0.4 is 0 Å². The molecule has 0 aliphatic carbocycles. The first kappa shape index (κ1) is 11.7. The van der Waals surface area contributed by atoms with Gasteiger partial charge in [0.25, 0.3) is 0 Å². The van der Waals surface area contributed by atoms with Crippen molar-refractivity contribution in [2.75, 3.05) is 13.2 Å². The van der Waals surface area contributed by atoms with Gasteiger partial charge in [-0.3, -0.25) is 0 Å². The van der Waals surface area contributed by atoms with Crippen LogP contribution in [0.1, 0.15) is 39.5 Å². The fourth-order valence-corrected chi connectivity index (χ4v) is 1.10. The Bertz CT molecular complexity index is 97.2. The van der Waals surface area contributed by atoms with Crippen molar-refractivity contribution < 1.29 is 4.74 Å². The van der Waals surface area contributed by atoms with Gasteiger partial charge < -0.3 is 4.74 Å². The first-order valence-corrected chi connectivity index (χ1v) is 4.96. The lowest BCUT2D eigenvalue weighted by Gasteiger charge is -2.04. The smallest absolute Gasteiger partial charge is 0.0644 e. The quantitative estimate of drug-likeness (QED) is 0.401. The summed E-state index contributed by atoms with van der Waals surface area (Å²) in [6.45, 7) is 9.73. The zero-order valence-corrected chi connectivity index (χ0v) is 8.51. The second-order valence-corrected chi connectivity index (χ2v) is 3.61. The maximum absolute atomic E-state index is 5.27. The predicted octanol–water partition coefficient (Wildman–Crippen LogP) is 3.41. The molecule has 0 saturated heterocycles. The molecular weight excluding hydrogens is 148 g/mol. The van der Waals surface area contributed by atoms with Gasteiger partial charge in [-0.15, -0.1) is 6.58 Å². The van der Waals surface area contributed by atoms with Gasteiger partial charge >= 0.3 is 0 Å². The number of ether oxygens (including phenoxy) is 1. The molecule has 1 heteroatoms. The lowest BCUT2D eigenvalue weighted by Crippen LogP contribution is -1.94. The zero-order chi connectivity index (χ0) is 9.23. The third-order valence-corrected chi connectivity index (χ3v) is 1.81. The summed E-state index contributed by atoms with van der Waals surface area (Å²) in [7, 11) is 0. The monoisotopic (exact) mass is 170 g/mol. The van der Waals surface area contributed by atoms with E-state index in [0.717, 1.165) is 12.5 Å². The number of hydrogen-bond donors (Lipinski definition) is 0. The van der Waals surface area contributed by atoms with E-state index in [4.69, 9.17) is 4.74 Å². The second kappa shape index (κ2) is 8.79. The summed E-state index contributed by atoms with van der Waals surface area (Å²) < 4.78 is 5.27. The van der Waals surface area contributed by atoms with Crippen molar-refractivity contribution in [3.8, 4) is 0 Å². The van der Waals surface area contributed by atoms with Crippen LogP contribution in [0.25, 0.3) is 0 Å². The van der Waals surface area contributed by atoms with Crippen molar-refractivity contribution in [2.24, 2.45) is 5.92 Å². The molecule has 0 radical (unpaired) electrons. The molecule has 0 heterocycles. The van der Waals surface area contributed by atoms with Gasteiger partial charge in [0.05, 0.1) is 6.61 Å². The molecule has 0 rings (SSSR count). The van der Waals surface area contributed by atoms with E-state index in [1.165, 1.54) is 25.7 Å². The highest BCUT2D eigenvalue weighted by Gasteiger charge is 1.93. The van der Waals surface area contributed by atoms with Crippen molar-refractivity contribution in [2.45, 2.75) is 39.5 Å². The van der Waals surface area contributed by atoms with E-state index in [1.54, 1.807) is 6.08 Å². The van der Waals surface area contributed by atoms with Crippen LogP contribution in [-0.4, -0.2) is 13.2 Å². The van der Waals surface area contributed by atoms with Crippen molar-refractivity contribution >= 4 is 0 Å². The second-order valence-electron chi connectivity index (χ2n) is 3.61. The SMILES string of the molecule is C=CCOCCCCCC(C)C. The molecule has 12 heavy (non-hydrogen) atoms. The highest BCUT2D eigenvalue weighted by Crippen LogP contribution is 2.07. The van der Waals surface area contributed by atoms with Crippen LogP contribution in [0.4, 0.5) is 0 Å². The Morgan fingerprint density at radius 1 is 1.25 bits per heavy atom. The van der Waals surface area contributed by atoms with Crippen molar-refractivity contribution in [3.05, 3.63) is 12.7 Å². The van der Waals surface area contributed by atoms with Gasteiger partial charge in [0.1, 0.15) is 0 Å². The average Bonchev–Trinajstić information content (AvgIpc) is 2.02. The standard InChI is InChI=1S/C11H22O/c1-4-9-12-10-7-5-6-8-11(2)3/h4,11H,1,5-10H2,2-3H3. The topological polar surface area (TPSA) is 9.23 Å². The van der Waals surface area contributed by atoms with E-state index < -0.39 is 0 Å². The fourth-order valence-electron chi connectivity index (χ4n) is 1.10. The zero-order valence-electron chi connectivity index (χ0n) is 8.51. The molecule has 0 spiro atoms. The predicted molar refractivity (Wildman–Crippen MR) is 54.3 cm³/mol. The molecule has 0 atom stereocenters. The van der Waals surface area contributed by atoms with Crippen LogP contribution in [0.3, 0.4) is 0 Å². The molecule has 0 aromatic carbocycles. The van der Waals surface area contributed by atoms with Gasteiger partial charge in [-0.05, 0) is 12.3 Å². The summed E-state index contributed by atoms with van der Waals surface area (Å²) in [5.74, 6) is 0.846. The average molecular weight is 170 g/mol. The minimum Gasteiger partial charge on any atom is -0.377 e. The Morgan fingerprint density at radius 3 is 2.58 bits per heavy atom. The van der Waals surface area contributed by atoms with E-state index >= 15 is 0 Å². The molecule has 72 valence electrons. The normalized spacial score (nSPS) is 10.6. The maximum atomic E-state index is 5.27. The lowest BCUT2D eigenvalue weighted by atomic mass is 10.1. The number of unbranched alkanes of at least 4 members (excludes halogenated alkanes) is 2. The molecular formula is C11H22O. The molecule has 0 N–H and O–H groups in total. The van der Waals surface area contributed by atoms with E-state index in [2.05, 4.69) is 20.4 Å². The van der Waals surface area contributed by atoms with E-state index in [1.807, 2.05) is 0 Å². The molecule has 0 aliphatic heterocycles. The molecule has 0 fully saturated rings. The van der Waals surface area contributed by atoms with E-state index in [9.17, 15) is 0 Å². The van der Waals surface area contributed by atoms with Crippen LogP contribution in [0.15, 0.2) is 12.7 Å². The molecule has 0 bridgehead atoms. The minimum absolute atomic E-state index is 0.699.